The van der Waals surface area contributed by atoms with Crippen molar-refractivity contribution in [3.8, 4) is 11.3 Å². The van der Waals surface area contributed by atoms with E-state index in [4.69, 9.17) is 5.73 Å². The Balaban J connectivity index is 2.41. The molecule has 0 unspecified atom stereocenters. The molecule has 1 aromatic heterocycles. The van der Waals surface area contributed by atoms with E-state index >= 15 is 0 Å². The number of nitrogen functional groups attached to an aromatic ring is 1. The summed E-state index contributed by atoms with van der Waals surface area (Å²) in [4.78, 5) is 8.35. The summed E-state index contributed by atoms with van der Waals surface area (Å²) < 4.78 is 0.817. The van der Waals surface area contributed by atoms with E-state index in [1.165, 1.54) is 4.90 Å². The Morgan fingerprint density at radius 3 is 2.47 bits per heavy atom. The molecule has 0 spiro atoms. The van der Waals surface area contributed by atoms with Crippen molar-refractivity contribution in [1.29, 1.82) is 0 Å². The normalized spacial score (nSPS) is 10.5. The van der Waals surface area contributed by atoms with Gasteiger partial charge in [-0.15, -0.1) is 11.8 Å². The van der Waals surface area contributed by atoms with Gasteiger partial charge in [0.1, 0.15) is 10.3 Å². The van der Waals surface area contributed by atoms with Crippen molar-refractivity contribution in [2.45, 2.75) is 4.90 Å². The van der Waals surface area contributed by atoms with Gasteiger partial charge in [0.15, 0.2) is 5.95 Å². The highest BCUT2D eigenvalue weighted by atomic mass is 79.9. The molecule has 1 aromatic carbocycles. The predicted molar refractivity (Wildman–Crippen MR) is 67.9 cm³/mol. The molecule has 0 fully saturated rings. The summed E-state index contributed by atoms with van der Waals surface area (Å²) in [5.74, 6) is 0.422. The second-order valence-electron chi connectivity index (χ2n) is 3.01. The lowest BCUT2D eigenvalue weighted by Crippen LogP contribution is -1.85. The van der Waals surface area contributed by atoms with Gasteiger partial charge in [-0.1, -0.05) is 12.1 Å². The zero-order valence-corrected chi connectivity index (χ0v) is 10.5. The predicted octanol–water partition coefficient (Wildman–Crippen LogP) is 3.14. The Bertz CT molecular complexity index is 464. The SMILES string of the molecule is CSc1ccc(-c2nc(N)[nH]c2Br)cc1. The van der Waals surface area contributed by atoms with E-state index < -0.39 is 0 Å². The fraction of sp³-hybridized carbons (Fsp3) is 0.100. The molecule has 0 atom stereocenters. The van der Waals surface area contributed by atoms with Gasteiger partial charge in [-0.05, 0) is 34.3 Å². The van der Waals surface area contributed by atoms with Crippen molar-refractivity contribution in [2.75, 3.05) is 12.0 Å². The minimum absolute atomic E-state index is 0.422. The van der Waals surface area contributed by atoms with Gasteiger partial charge in [-0.3, -0.25) is 0 Å². The first-order valence-electron chi connectivity index (χ1n) is 4.36. The van der Waals surface area contributed by atoms with E-state index in [0.717, 1.165) is 15.9 Å². The summed E-state index contributed by atoms with van der Waals surface area (Å²) >= 11 is 5.10. The summed E-state index contributed by atoms with van der Waals surface area (Å²) in [5, 5.41) is 0. The van der Waals surface area contributed by atoms with Gasteiger partial charge in [-0.25, -0.2) is 4.98 Å². The quantitative estimate of drug-likeness (QED) is 0.833. The number of nitrogens with zero attached hydrogens (tertiary/aromatic N) is 1. The highest BCUT2D eigenvalue weighted by Gasteiger charge is 2.07. The molecule has 0 radical (unpaired) electrons. The van der Waals surface area contributed by atoms with Crippen LogP contribution >= 0.6 is 27.7 Å². The molecule has 15 heavy (non-hydrogen) atoms. The van der Waals surface area contributed by atoms with Crippen LogP contribution in [0, 0.1) is 0 Å². The van der Waals surface area contributed by atoms with E-state index in [1.807, 2.05) is 12.1 Å². The molecule has 3 N–H and O–H groups in total. The topological polar surface area (TPSA) is 54.7 Å². The van der Waals surface area contributed by atoms with Crippen LogP contribution in [0.5, 0.6) is 0 Å². The number of benzene rings is 1. The van der Waals surface area contributed by atoms with Crippen LogP contribution in [-0.4, -0.2) is 16.2 Å². The van der Waals surface area contributed by atoms with Crippen molar-refractivity contribution in [3.05, 3.63) is 28.9 Å². The van der Waals surface area contributed by atoms with E-state index in [-0.39, 0.29) is 0 Å². The Labute approximate surface area is 101 Å². The summed E-state index contributed by atoms with van der Waals surface area (Å²) in [6.07, 6.45) is 2.05. The molecule has 0 aliphatic heterocycles. The Kier molecular flexibility index (Phi) is 3.02. The van der Waals surface area contributed by atoms with Gasteiger partial charge >= 0.3 is 0 Å². The molecule has 0 amide bonds. The summed E-state index contributed by atoms with van der Waals surface area (Å²) in [6.45, 7) is 0. The number of aromatic amines is 1. The van der Waals surface area contributed by atoms with Crippen molar-refractivity contribution < 1.29 is 0 Å². The lowest BCUT2D eigenvalue weighted by molar-refractivity contribution is 1.31. The molecule has 2 rings (SSSR count). The Morgan fingerprint density at radius 2 is 2.00 bits per heavy atom. The highest BCUT2D eigenvalue weighted by Crippen LogP contribution is 2.28. The molecular formula is C10H10BrN3S. The van der Waals surface area contributed by atoms with Crippen LogP contribution in [-0.2, 0) is 0 Å². The zero-order valence-electron chi connectivity index (χ0n) is 8.12. The maximum absolute atomic E-state index is 5.57. The first-order chi connectivity index (χ1) is 7.20. The number of hydrogen-bond acceptors (Lipinski definition) is 3. The third-order valence-corrected chi connectivity index (χ3v) is 3.36. The van der Waals surface area contributed by atoms with E-state index in [9.17, 15) is 0 Å². The first-order valence-corrected chi connectivity index (χ1v) is 6.38. The lowest BCUT2D eigenvalue weighted by Gasteiger charge is -1.99. The second-order valence-corrected chi connectivity index (χ2v) is 4.69. The average Bonchev–Trinajstić information content (AvgIpc) is 2.58. The largest absolute Gasteiger partial charge is 0.369 e. The number of halogens is 1. The number of imidazole rings is 1. The van der Waals surface area contributed by atoms with Gasteiger partial charge in [0.25, 0.3) is 0 Å². The van der Waals surface area contributed by atoms with Crippen LogP contribution in [0.1, 0.15) is 0 Å². The lowest BCUT2D eigenvalue weighted by atomic mass is 10.2. The molecule has 0 saturated heterocycles. The molecule has 1 heterocycles. The standard InChI is InChI=1S/C10H10BrN3S/c1-15-7-4-2-6(3-5-7)8-9(11)14-10(12)13-8/h2-5H,1H3,(H3,12,13,14). The Hall–Kier alpha value is -0.940. The van der Waals surface area contributed by atoms with Crippen molar-refractivity contribution in [1.82, 2.24) is 9.97 Å². The minimum Gasteiger partial charge on any atom is -0.369 e. The molecule has 5 heteroatoms. The summed E-state index contributed by atoms with van der Waals surface area (Å²) in [6, 6.07) is 8.20. The van der Waals surface area contributed by atoms with Gasteiger partial charge in [0, 0.05) is 10.5 Å². The van der Waals surface area contributed by atoms with Gasteiger partial charge < -0.3 is 10.7 Å². The van der Waals surface area contributed by atoms with Crippen molar-refractivity contribution in [3.63, 3.8) is 0 Å². The molecule has 78 valence electrons. The molecule has 2 aromatic rings. The smallest absolute Gasteiger partial charge is 0.198 e. The van der Waals surface area contributed by atoms with E-state index in [0.29, 0.717) is 5.95 Å². The van der Waals surface area contributed by atoms with Gasteiger partial charge in [-0.2, -0.15) is 0 Å². The number of anilines is 1. The monoisotopic (exact) mass is 283 g/mol. The van der Waals surface area contributed by atoms with Crippen LogP contribution < -0.4 is 5.73 Å². The molecule has 0 bridgehead atoms. The number of rotatable bonds is 2. The maximum atomic E-state index is 5.57. The highest BCUT2D eigenvalue weighted by molar-refractivity contribution is 9.10. The number of thioether (sulfide) groups is 1. The van der Waals surface area contributed by atoms with Crippen molar-refractivity contribution >= 4 is 33.6 Å². The number of hydrogen-bond donors (Lipinski definition) is 2. The second kappa shape index (κ2) is 4.28. The first kappa shape index (κ1) is 10.6. The Morgan fingerprint density at radius 1 is 1.33 bits per heavy atom. The summed E-state index contributed by atoms with van der Waals surface area (Å²) in [7, 11) is 0. The molecule has 0 aliphatic rings. The average molecular weight is 284 g/mol. The molecular weight excluding hydrogens is 274 g/mol. The van der Waals surface area contributed by atoms with Crippen LogP contribution in [0.4, 0.5) is 5.95 Å². The molecule has 3 nitrogen and oxygen atoms in total. The van der Waals surface area contributed by atoms with Crippen molar-refractivity contribution in [2.24, 2.45) is 0 Å². The molecule has 0 aliphatic carbocycles. The minimum atomic E-state index is 0.422. The number of nitrogens with one attached hydrogen (secondary N) is 1. The molecule has 0 saturated carbocycles. The van der Waals surface area contributed by atoms with Crippen LogP contribution in [0.3, 0.4) is 0 Å². The van der Waals surface area contributed by atoms with E-state index in [2.05, 4.69) is 44.3 Å². The number of nitrogens with two attached hydrogens (primary N) is 1. The third-order valence-electron chi connectivity index (χ3n) is 2.04. The summed E-state index contributed by atoms with van der Waals surface area (Å²) in [5.41, 5.74) is 7.47. The van der Waals surface area contributed by atoms with Crippen LogP contribution in [0.25, 0.3) is 11.3 Å². The third kappa shape index (κ3) is 2.18. The number of aromatic nitrogens is 2. The fourth-order valence-electron chi connectivity index (χ4n) is 1.31. The maximum Gasteiger partial charge on any atom is 0.198 e. The number of H-pyrrole nitrogens is 1. The fourth-order valence-corrected chi connectivity index (χ4v) is 2.24. The van der Waals surface area contributed by atoms with Gasteiger partial charge in [0.2, 0.25) is 0 Å². The zero-order chi connectivity index (χ0) is 10.8. The van der Waals surface area contributed by atoms with Crippen LogP contribution in [0.2, 0.25) is 0 Å². The van der Waals surface area contributed by atoms with E-state index in [1.54, 1.807) is 11.8 Å². The van der Waals surface area contributed by atoms with Gasteiger partial charge in [0.05, 0.1) is 0 Å². The van der Waals surface area contributed by atoms with Crippen LogP contribution in [0.15, 0.2) is 33.8 Å².